The molecule has 22 heavy (non-hydrogen) atoms. The number of nitrogens with two attached hydrogens (primary N) is 1. The third kappa shape index (κ3) is 2.83. The average Bonchev–Trinajstić information content (AvgIpc) is 2.49. The molecule has 0 atom stereocenters. The molecular weight excluding hydrogens is 278 g/mol. The number of aromatic nitrogens is 1. The molecule has 4 N–H and O–H groups in total. The molecule has 1 heterocycles. The number of nitrogen functional groups attached to an aromatic ring is 1. The van der Waals surface area contributed by atoms with Crippen molar-refractivity contribution in [2.75, 3.05) is 11.1 Å². The SMILES string of the molecule is Nc1cccc2ccnc(Nc3ccc(CC(=O)O)cc3)c12. The maximum atomic E-state index is 10.7. The third-order valence-corrected chi connectivity index (χ3v) is 3.40. The van der Waals surface area contributed by atoms with Crippen LogP contribution < -0.4 is 11.1 Å². The van der Waals surface area contributed by atoms with Crippen molar-refractivity contribution in [2.24, 2.45) is 0 Å². The van der Waals surface area contributed by atoms with Crippen LogP contribution in [-0.2, 0) is 11.2 Å². The number of nitrogens with one attached hydrogen (secondary N) is 1. The maximum absolute atomic E-state index is 10.7. The van der Waals surface area contributed by atoms with Gasteiger partial charge >= 0.3 is 5.97 Å². The zero-order valence-electron chi connectivity index (χ0n) is 11.8. The van der Waals surface area contributed by atoms with Gasteiger partial charge in [0.15, 0.2) is 0 Å². The Kier molecular flexibility index (Phi) is 3.62. The van der Waals surface area contributed by atoms with Gasteiger partial charge in [-0.3, -0.25) is 4.79 Å². The van der Waals surface area contributed by atoms with E-state index in [1.165, 1.54) is 0 Å². The quantitative estimate of drug-likeness (QED) is 0.643. The third-order valence-electron chi connectivity index (χ3n) is 3.40. The number of pyridine rings is 1. The van der Waals surface area contributed by atoms with Crippen LogP contribution in [0.5, 0.6) is 0 Å². The fourth-order valence-corrected chi connectivity index (χ4v) is 2.37. The molecule has 5 nitrogen and oxygen atoms in total. The van der Waals surface area contributed by atoms with E-state index in [1.807, 2.05) is 36.4 Å². The van der Waals surface area contributed by atoms with Crippen LogP contribution in [0.25, 0.3) is 10.8 Å². The number of carboxylic acids is 1. The summed E-state index contributed by atoms with van der Waals surface area (Å²) in [6.07, 6.45) is 1.74. The van der Waals surface area contributed by atoms with E-state index in [2.05, 4.69) is 10.3 Å². The first-order chi connectivity index (χ1) is 10.6. The van der Waals surface area contributed by atoms with Crippen molar-refractivity contribution in [1.82, 2.24) is 4.98 Å². The number of aliphatic carboxylic acids is 1. The van der Waals surface area contributed by atoms with Gasteiger partial charge in [0.05, 0.1) is 6.42 Å². The second-order valence-electron chi connectivity index (χ2n) is 5.00. The van der Waals surface area contributed by atoms with Crippen LogP contribution in [0.1, 0.15) is 5.56 Å². The fraction of sp³-hybridized carbons (Fsp3) is 0.0588. The van der Waals surface area contributed by atoms with E-state index >= 15 is 0 Å². The van der Waals surface area contributed by atoms with Crippen molar-refractivity contribution < 1.29 is 9.90 Å². The number of carboxylic acid groups (broad SMARTS) is 1. The van der Waals surface area contributed by atoms with Gasteiger partial charge in [-0.05, 0) is 35.2 Å². The number of hydrogen-bond acceptors (Lipinski definition) is 4. The Labute approximate surface area is 127 Å². The van der Waals surface area contributed by atoms with E-state index in [4.69, 9.17) is 10.8 Å². The lowest BCUT2D eigenvalue weighted by Gasteiger charge is -2.11. The second kappa shape index (κ2) is 5.73. The van der Waals surface area contributed by atoms with Crippen LogP contribution in [0.15, 0.2) is 54.7 Å². The summed E-state index contributed by atoms with van der Waals surface area (Å²) in [5.41, 5.74) is 8.29. The summed E-state index contributed by atoms with van der Waals surface area (Å²) in [6.45, 7) is 0. The van der Waals surface area contributed by atoms with Gasteiger partial charge in [-0.1, -0.05) is 24.3 Å². The van der Waals surface area contributed by atoms with Gasteiger partial charge in [0.1, 0.15) is 5.82 Å². The van der Waals surface area contributed by atoms with Crippen LogP contribution in [0.2, 0.25) is 0 Å². The minimum Gasteiger partial charge on any atom is -0.481 e. The van der Waals surface area contributed by atoms with Crippen LogP contribution >= 0.6 is 0 Å². The normalized spacial score (nSPS) is 10.5. The molecule has 3 rings (SSSR count). The highest BCUT2D eigenvalue weighted by molar-refractivity contribution is 6.01. The molecule has 0 radical (unpaired) electrons. The highest BCUT2D eigenvalue weighted by Crippen LogP contribution is 2.29. The van der Waals surface area contributed by atoms with E-state index in [0.29, 0.717) is 11.5 Å². The fourth-order valence-electron chi connectivity index (χ4n) is 2.37. The molecule has 0 saturated carbocycles. The van der Waals surface area contributed by atoms with Crippen LogP contribution in [0.3, 0.4) is 0 Å². The Balaban J connectivity index is 1.92. The van der Waals surface area contributed by atoms with Crippen molar-refractivity contribution in [1.29, 1.82) is 0 Å². The van der Waals surface area contributed by atoms with Crippen molar-refractivity contribution in [3.63, 3.8) is 0 Å². The molecule has 0 aliphatic heterocycles. The first-order valence-electron chi connectivity index (χ1n) is 6.84. The molecule has 1 aromatic heterocycles. The van der Waals surface area contributed by atoms with Crippen LogP contribution in [-0.4, -0.2) is 16.1 Å². The molecule has 0 fully saturated rings. The Morgan fingerprint density at radius 2 is 1.91 bits per heavy atom. The summed E-state index contributed by atoms with van der Waals surface area (Å²) in [4.78, 5) is 15.0. The molecule has 0 aliphatic rings. The van der Waals surface area contributed by atoms with E-state index in [0.717, 1.165) is 22.0 Å². The second-order valence-corrected chi connectivity index (χ2v) is 5.00. The van der Waals surface area contributed by atoms with Gasteiger partial charge in [-0.25, -0.2) is 4.98 Å². The molecule has 0 saturated heterocycles. The summed E-state index contributed by atoms with van der Waals surface area (Å²) < 4.78 is 0. The largest absolute Gasteiger partial charge is 0.481 e. The smallest absolute Gasteiger partial charge is 0.307 e. The molecule has 3 aromatic rings. The first kappa shape index (κ1) is 13.9. The number of benzene rings is 2. The zero-order chi connectivity index (χ0) is 15.5. The van der Waals surface area contributed by atoms with E-state index in [-0.39, 0.29) is 6.42 Å². The Morgan fingerprint density at radius 1 is 1.14 bits per heavy atom. The highest BCUT2D eigenvalue weighted by atomic mass is 16.4. The van der Waals surface area contributed by atoms with E-state index < -0.39 is 5.97 Å². The lowest BCUT2D eigenvalue weighted by molar-refractivity contribution is -0.136. The lowest BCUT2D eigenvalue weighted by Crippen LogP contribution is -2.00. The van der Waals surface area contributed by atoms with Crippen molar-refractivity contribution in [3.05, 3.63) is 60.3 Å². The highest BCUT2D eigenvalue weighted by Gasteiger charge is 2.06. The van der Waals surface area contributed by atoms with Gasteiger partial charge in [-0.2, -0.15) is 0 Å². The van der Waals surface area contributed by atoms with Gasteiger partial charge in [0.25, 0.3) is 0 Å². The predicted molar refractivity (Wildman–Crippen MR) is 87.2 cm³/mol. The molecule has 0 aliphatic carbocycles. The van der Waals surface area contributed by atoms with Gasteiger partial charge < -0.3 is 16.2 Å². The number of fused-ring (bicyclic) bond motifs is 1. The Morgan fingerprint density at radius 3 is 2.64 bits per heavy atom. The molecule has 0 spiro atoms. The van der Waals surface area contributed by atoms with Crippen molar-refractivity contribution in [3.8, 4) is 0 Å². The Bertz CT molecular complexity index is 824. The lowest BCUT2D eigenvalue weighted by atomic mass is 10.1. The minimum absolute atomic E-state index is 0.0136. The average molecular weight is 293 g/mol. The zero-order valence-corrected chi connectivity index (χ0v) is 11.8. The summed E-state index contributed by atoms with van der Waals surface area (Å²) in [7, 11) is 0. The molecule has 0 amide bonds. The van der Waals surface area contributed by atoms with Gasteiger partial charge in [0, 0.05) is 23.0 Å². The number of nitrogens with zero attached hydrogens (tertiary/aromatic N) is 1. The van der Waals surface area contributed by atoms with Gasteiger partial charge in [-0.15, -0.1) is 0 Å². The summed E-state index contributed by atoms with van der Waals surface area (Å²) in [6, 6.07) is 14.9. The van der Waals surface area contributed by atoms with Crippen molar-refractivity contribution >= 4 is 33.9 Å². The Hall–Kier alpha value is -3.08. The number of rotatable bonds is 4. The summed E-state index contributed by atoms with van der Waals surface area (Å²) in [5.74, 6) is -0.161. The molecule has 5 heteroatoms. The van der Waals surface area contributed by atoms with Crippen LogP contribution in [0.4, 0.5) is 17.2 Å². The van der Waals surface area contributed by atoms with Crippen LogP contribution in [0, 0.1) is 0 Å². The minimum atomic E-state index is -0.843. The number of carbonyl (C=O) groups is 1. The first-order valence-corrected chi connectivity index (χ1v) is 6.84. The molecule has 110 valence electrons. The predicted octanol–water partition coefficient (Wildman–Crippen LogP) is 3.19. The van der Waals surface area contributed by atoms with Gasteiger partial charge in [0.2, 0.25) is 0 Å². The molecule has 0 bridgehead atoms. The molecule has 2 aromatic carbocycles. The summed E-state index contributed by atoms with van der Waals surface area (Å²) >= 11 is 0. The topological polar surface area (TPSA) is 88.2 Å². The summed E-state index contributed by atoms with van der Waals surface area (Å²) in [5, 5.41) is 13.9. The number of anilines is 3. The maximum Gasteiger partial charge on any atom is 0.307 e. The molecule has 0 unspecified atom stereocenters. The van der Waals surface area contributed by atoms with E-state index in [1.54, 1.807) is 18.3 Å². The standard InChI is InChI=1S/C17H15N3O2/c18-14-3-1-2-12-8-9-19-17(16(12)14)20-13-6-4-11(5-7-13)10-15(21)22/h1-9H,10,18H2,(H,19,20)(H,21,22). The monoisotopic (exact) mass is 293 g/mol. The van der Waals surface area contributed by atoms with Crippen molar-refractivity contribution in [2.45, 2.75) is 6.42 Å². The van der Waals surface area contributed by atoms with E-state index in [9.17, 15) is 4.79 Å². The number of hydrogen-bond donors (Lipinski definition) is 3. The molecular formula is C17H15N3O2.